The Kier molecular flexibility index (Phi) is 3.80. The van der Waals surface area contributed by atoms with E-state index in [1.165, 1.54) is 0 Å². The third kappa shape index (κ3) is 2.61. The molecule has 1 aliphatic carbocycles. The zero-order valence-corrected chi connectivity index (χ0v) is 11.5. The van der Waals surface area contributed by atoms with Gasteiger partial charge in [0.05, 0.1) is 17.5 Å². The summed E-state index contributed by atoms with van der Waals surface area (Å²) in [5, 5.41) is 17.5. The van der Waals surface area contributed by atoms with E-state index in [1.54, 1.807) is 0 Å². The zero-order chi connectivity index (χ0) is 13.3. The van der Waals surface area contributed by atoms with E-state index in [2.05, 4.69) is 24.3 Å². The van der Waals surface area contributed by atoms with Gasteiger partial charge in [-0.3, -0.25) is 0 Å². The van der Waals surface area contributed by atoms with Gasteiger partial charge in [-0.15, -0.1) is 0 Å². The lowest BCUT2D eigenvalue weighted by atomic mass is 9.93. The van der Waals surface area contributed by atoms with Gasteiger partial charge in [-0.1, -0.05) is 0 Å². The lowest BCUT2D eigenvalue weighted by molar-refractivity contribution is 0.126. The van der Waals surface area contributed by atoms with Crippen molar-refractivity contribution >= 4 is 11.5 Å². The van der Waals surface area contributed by atoms with Gasteiger partial charge in [0, 0.05) is 12.1 Å². The van der Waals surface area contributed by atoms with Crippen molar-refractivity contribution in [3.8, 4) is 0 Å². The standard InChI is InChI=1S/C13H24N4O/c1-8(2)17-13(12(14)9(3)16-17)15-10-4-6-11(18)7-5-10/h8,10-11,15,18H,4-7,14H2,1-3H3. The number of aromatic nitrogens is 2. The molecule has 1 aliphatic rings. The van der Waals surface area contributed by atoms with Gasteiger partial charge in [-0.25, -0.2) is 4.68 Å². The van der Waals surface area contributed by atoms with E-state index in [0.29, 0.717) is 6.04 Å². The van der Waals surface area contributed by atoms with Crippen molar-refractivity contribution in [3.63, 3.8) is 0 Å². The van der Waals surface area contributed by atoms with Crippen LogP contribution < -0.4 is 11.1 Å². The van der Waals surface area contributed by atoms with Crippen molar-refractivity contribution in [3.05, 3.63) is 5.69 Å². The summed E-state index contributed by atoms with van der Waals surface area (Å²) >= 11 is 0. The molecule has 0 amide bonds. The molecule has 0 spiro atoms. The number of hydrogen-bond acceptors (Lipinski definition) is 4. The number of aliphatic hydroxyl groups excluding tert-OH is 1. The fraction of sp³-hybridized carbons (Fsp3) is 0.769. The molecule has 1 fully saturated rings. The number of anilines is 2. The van der Waals surface area contributed by atoms with Crippen molar-refractivity contribution < 1.29 is 5.11 Å². The summed E-state index contributed by atoms with van der Waals surface area (Å²) < 4.78 is 1.95. The van der Waals surface area contributed by atoms with E-state index in [0.717, 1.165) is 42.9 Å². The zero-order valence-electron chi connectivity index (χ0n) is 11.5. The molecule has 5 heteroatoms. The Morgan fingerprint density at radius 3 is 2.50 bits per heavy atom. The fourth-order valence-corrected chi connectivity index (χ4v) is 2.49. The van der Waals surface area contributed by atoms with Gasteiger partial charge in [0.2, 0.25) is 0 Å². The number of nitrogens with one attached hydrogen (secondary N) is 1. The summed E-state index contributed by atoms with van der Waals surface area (Å²) in [5.41, 5.74) is 7.71. The van der Waals surface area contributed by atoms with E-state index in [9.17, 15) is 5.11 Å². The minimum Gasteiger partial charge on any atom is -0.394 e. The highest BCUT2D eigenvalue weighted by Crippen LogP contribution is 2.29. The van der Waals surface area contributed by atoms with Crippen molar-refractivity contribution in [1.29, 1.82) is 0 Å². The van der Waals surface area contributed by atoms with Crippen LogP contribution in [0.15, 0.2) is 0 Å². The maximum atomic E-state index is 9.52. The Hall–Kier alpha value is -1.23. The van der Waals surface area contributed by atoms with Crippen LogP contribution in [0.1, 0.15) is 51.3 Å². The van der Waals surface area contributed by atoms with E-state index in [-0.39, 0.29) is 12.1 Å². The number of nitrogens with two attached hydrogens (primary N) is 1. The summed E-state index contributed by atoms with van der Waals surface area (Å²) in [6.07, 6.45) is 3.59. The second-order valence-electron chi connectivity index (χ2n) is 5.54. The SMILES string of the molecule is Cc1nn(C(C)C)c(NC2CCC(O)CC2)c1N. The molecule has 0 unspecified atom stereocenters. The highest BCUT2D eigenvalue weighted by Gasteiger charge is 2.22. The molecule has 0 bridgehead atoms. The first kappa shape index (κ1) is 13.2. The number of hydrogen-bond donors (Lipinski definition) is 3. The average Bonchev–Trinajstić information content (AvgIpc) is 2.60. The lowest BCUT2D eigenvalue weighted by Gasteiger charge is -2.27. The third-order valence-corrected chi connectivity index (χ3v) is 3.66. The second-order valence-corrected chi connectivity index (χ2v) is 5.54. The van der Waals surface area contributed by atoms with Crippen LogP contribution in [0, 0.1) is 6.92 Å². The van der Waals surface area contributed by atoms with E-state index >= 15 is 0 Å². The highest BCUT2D eigenvalue weighted by atomic mass is 16.3. The van der Waals surface area contributed by atoms with Gasteiger partial charge >= 0.3 is 0 Å². The number of nitrogens with zero attached hydrogens (tertiary/aromatic N) is 2. The average molecular weight is 252 g/mol. The van der Waals surface area contributed by atoms with E-state index in [4.69, 9.17) is 5.73 Å². The minimum atomic E-state index is -0.128. The molecule has 0 aromatic carbocycles. The molecule has 1 aromatic rings. The first-order valence-corrected chi connectivity index (χ1v) is 6.78. The Labute approximate surface area is 108 Å². The highest BCUT2D eigenvalue weighted by molar-refractivity contribution is 5.65. The molecular formula is C13H24N4O. The number of aliphatic hydroxyl groups is 1. The van der Waals surface area contributed by atoms with Crippen LogP contribution in [0.25, 0.3) is 0 Å². The topological polar surface area (TPSA) is 76.1 Å². The molecule has 2 rings (SSSR count). The van der Waals surface area contributed by atoms with Crippen LogP contribution in [-0.4, -0.2) is 27.0 Å². The van der Waals surface area contributed by atoms with Gasteiger partial charge in [0.25, 0.3) is 0 Å². The smallest absolute Gasteiger partial charge is 0.148 e. The van der Waals surface area contributed by atoms with Gasteiger partial charge in [-0.05, 0) is 46.5 Å². The molecule has 5 nitrogen and oxygen atoms in total. The summed E-state index contributed by atoms with van der Waals surface area (Å²) in [6.45, 7) is 6.13. The second kappa shape index (κ2) is 5.18. The summed E-state index contributed by atoms with van der Waals surface area (Å²) in [7, 11) is 0. The molecule has 1 saturated carbocycles. The summed E-state index contributed by atoms with van der Waals surface area (Å²) in [6, 6.07) is 0.682. The quantitative estimate of drug-likeness (QED) is 0.769. The molecule has 1 heterocycles. The van der Waals surface area contributed by atoms with Crippen LogP contribution in [0.3, 0.4) is 0 Å². The molecule has 102 valence electrons. The molecule has 4 N–H and O–H groups in total. The largest absolute Gasteiger partial charge is 0.394 e. The molecular weight excluding hydrogens is 228 g/mol. The predicted molar refractivity (Wildman–Crippen MR) is 73.6 cm³/mol. The number of rotatable bonds is 3. The van der Waals surface area contributed by atoms with E-state index in [1.807, 2.05) is 11.6 Å². The van der Waals surface area contributed by atoms with Gasteiger partial charge < -0.3 is 16.2 Å². The molecule has 18 heavy (non-hydrogen) atoms. The van der Waals surface area contributed by atoms with Crippen LogP contribution in [0.5, 0.6) is 0 Å². The van der Waals surface area contributed by atoms with Crippen LogP contribution in [0.2, 0.25) is 0 Å². The van der Waals surface area contributed by atoms with Gasteiger partial charge in [0.15, 0.2) is 0 Å². The van der Waals surface area contributed by atoms with Crippen LogP contribution >= 0.6 is 0 Å². The summed E-state index contributed by atoms with van der Waals surface area (Å²) in [5.74, 6) is 0.934. The van der Waals surface area contributed by atoms with Gasteiger partial charge in [-0.2, -0.15) is 5.10 Å². The Morgan fingerprint density at radius 1 is 1.33 bits per heavy atom. The molecule has 1 aromatic heterocycles. The molecule has 0 saturated heterocycles. The Morgan fingerprint density at radius 2 is 1.94 bits per heavy atom. The third-order valence-electron chi connectivity index (χ3n) is 3.66. The monoisotopic (exact) mass is 252 g/mol. The van der Waals surface area contributed by atoms with Crippen molar-refractivity contribution in [2.45, 2.75) is 64.6 Å². The number of nitrogen functional groups attached to an aromatic ring is 1. The minimum absolute atomic E-state index is 0.128. The normalized spacial score (nSPS) is 24.5. The maximum absolute atomic E-state index is 9.52. The molecule has 0 aliphatic heterocycles. The Balaban J connectivity index is 2.13. The predicted octanol–water partition coefficient (Wildman–Crippen LogP) is 2.07. The van der Waals surface area contributed by atoms with Crippen LogP contribution in [0.4, 0.5) is 11.5 Å². The number of aryl methyl sites for hydroxylation is 1. The first-order valence-electron chi connectivity index (χ1n) is 6.78. The van der Waals surface area contributed by atoms with Crippen molar-refractivity contribution in [2.75, 3.05) is 11.1 Å². The maximum Gasteiger partial charge on any atom is 0.148 e. The van der Waals surface area contributed by atoms with Crippen LogP contribution in [-0.2, 0) is 0 Å². The first-order chi connectivity index (χ1) is 8.49. The van der Waals surface area contributed by atoms with Crippen molar-refractivity contribution in [2.24, 2.45) is 0 Å². The van der Waals surface area contributed by atoms with Gasteiger partial charge in [0.1, 0.15) is 5.82 Å². The van der Waals surface area contributed by atoms with Crippen molar-refractivity contribution in [1.82, 2.24) is 9.78 Å². The Bertz CT molecular complexity index is 405. The molecule has 0 atom stereocenters. The molecule has 0 radical (unpaired) electrons. The summed E-state index contributed by atoms with van der Waals surface area (Å²) in [4.78, 5) is 0. The van der Waals surface area contributed by atoms with E-state index < -0.39 is 0 Å². The fourth-order valence-electron chi connectivity index (χ4n) is 2.49. The lowest BCUT2D eigenvalue weighted by Crippen LogP contribution is -2.29.